The van der Waals surface area contributed by atoms with Gasteiger partial charge in [-0.2, -0.15) is 15.3 Å². The van der Waals surface area contributed by atoms with Crippen molar-refractivity contribution in [2.45, 2.75) is 19.9 Å². The zero-order valence-electron chi connectivity index (χ0n) is 14.9. The summed E-state index contributed by atoms with van der Waals surface area (Å²) in [6.45, 7) is 2.34. The van der Waals surface area contributed by atoms with Gasteiger partial charge in [-0.3, -0.25) is 14.6 Å². The molecule has 1 N–H and O–H groups in total. The number of nitrogens with one attached hydrogen (secondary N) is 1. The van der Waals surface area contributed by atoms with Crippen molar-refractivity contribution < 1.29 is 0 Å². The van der Waals surface area contributed by atoms with Crippen LogP contribution in [-0.4, -0.2) is 34.2 Å². The standard InChI is InChI=1S/C18H17N7OS/c1-11-16-15(8-20-25(17(16)26)9-13-4-6-23(2)22-13)18-24(11)10-14(27-18)7-12-3-5-19-21-12/h3-6,8,10H,7,9H2,1-2H3,(H,19,21). The Bertz CT molecular complexity index is 1320. The molecule has 0 amide bonds. The fraction of sp³-hybridized carbons (Fsp3) is 0.222. The topological polar surface area (TPSA) is 85.8 Å². The predicted octanol–water partition coefficient (Wildman–Crippen LogP) is 2.11. The summed E-state index contributed by atoms with van der Waals surface area (Å²) in [5.74, 6) is 0. The Kier molecular flexibility index (Phi) is 3.51. The molecular formula is C18H17N7OS. The maximum Gasteiger partial charge on any atom is 0.276 e. The van der Waals surface area contributed by atoms with E-state index in [0.717, 1.165) is 39.1 Å². The number of aromatic nitrogens is 7. The van der Waals surface area contributed by atoms with Crippen LogP contribution in [-0.2, 0) is 20.0 Å². The van der Waals surface area contributed by atoms with Crippen molar-refractivity contribution in [3.63, 3.8) is 0 Å². The van der Waals surface area contributed by atoms with Gasteiger partial charge in [0.2, 0.25) is 0 Å². The molecule has 0 saturated heterocycles. The lowest BCUT2D eigenvalue weighted by atomic mass is 10.2. The van der Waals surface area contributed by atoms with Crippen LogP contribution in [0.15, 0.2) is 41.7 Å². The third-order valence-electron chi connectivity index (χ3n) is 4.71. The van der Waals surface area contributed by atoms with Crippen LogP contribution in [0.5, 0.6) is 0 Å². The van der Waals surface area contributed by atoms with Crippen molar-refractivity contribution in [3.05, 3.63) is 69.2 Å². The molecule has 0 aliphatic heterocycles. The van der Waals surface area contributed by atoms with Gasteiger partial charge in [0, 0.05) is 48.0 Å². The molecule has 5 rings (SSSR count). The highest BCUT2D eigenvalue weighted by Gasteiger charge is 2.17. The van der Waals surface area contributed by atoms with Gasteiger partial charge < -0.3 is 4.40 Å². The third-order valence-corrected chi connectivity index (χ3v) is 5.83. The molecule has 0 fully saturated rings. The van der Waals surface area contributed by atoms with Crippen LogP contribution < -0.4 is 5.56 Å². The zero-order valence-corrected chi connectivity index (χ0v) is 15.7. The molecule has 136 valence electrons. The zero-order chi connectivity index (χ0) is 18.5. The van der Waals surface area contributed by atoms with E-state index in [2.05, 4.69) is 31.0 Å². The molecule has 5 aromatic rings. The van der Waals surface area contributed by atoms with Gasteiger partial charge in [0.15, 0.2) is 0 Å². The van der Waals surface area contributed by atoms with E-state index < -0.39 is 0 Å². The molecule has 0 bridgehead atoms. The summed E-state index contributed by atoms with van der Waals surface area (Å²) in [5.41, 5.74) is 2.66. The lowest BCUT2D eigenvalue weighted by Crippen LogP contribution is -2.23. The smallest absolute Gasteiger partial charge is 0.276 e. The number of rotatable bonds is 4. The fourth-order valence-electron chi connectivity index (χ4n) is 3.42. The van der Waals surface area contributed by atoms with Gasteiger partial charge in [-0.15, -0.1) is 11.3 Å². The maximum atomic E-state index is 13.0. The molecule has 0 aliphatic carbocycles. The second-order valence-electron chi connectivity index (χ2n) is 6.58. The Labute approximate surface area is 157 Å². The molecular weight excluding hydrogens is 362 g/mol. The maximum absolute atomic E-state index is 13.0. The van der Waals surface area contributed by atoms with Crippen molar-refractivity contribution in [1.82, 2.24) is 34.2 Å². The van der Waals surface area contributed by atoms with Crippen molar-refractivity contribution in [3.8, 4) is 0 Å². The van der Waals surface area contributed by atoms with E-state index in [1.54, 1.807) is 22.2 Å². The first kappa shape index (κ1) is 16.0. The van der Waals surface area contributed by atoms with Crippen molar-refractivity contribution in [1.29, 1.82) is 0 Å². The molecule has 0 atom stereocenters. The van der Waals surface area contributed by atoms with Crippen molar-refractivity contribution in [2.75, 3.05) is 0 Å². The minimum absolute atomic E-state index is 0.0830. The molecule has 8 nitrogen and oxygen atoms in total. The average molecular weight is 379 g/mol. The summed E-state index contributed by atoms with van der Waals surface area (Å²) in [4.78, 5) is 15.3. The average Bonchev–Trinajstić information content (AvgIpc) is 3.40. The lowest BCUT2D eigenvalue weighted by Gasteiger charge is -2.02. The van der Waals surface area contributed by atoms with Crippen molar-refractivity contribution in [2.24, 2.45) is 7.05 Å². The van der Waals surface area contributed by atoms with Gasteiger partial charge >= 0.3 is 0 Å². The Morgan fingerprint density at radius 3 is 2.89 bits per heavy atom. The van der Waals surface area contributed by atoms with Crippen LogP contribution in [0.3, 0.4) is 0 Å². The van der Waals surface area contributed by atoms with Gasteiger partial charge in [0.05, 0.1) is 29.5 Å². The van der Waals surface area contributed by atoms with Crippen LogP contribution in [0.25, 0.3) is 15.6 Å². The van der Waals surface area contributed by atoms with Gasteiger partial charge in [-0.1, -0.05) is 0 Å². The SMILES string of the molecule is Cc1c2c(=O)n(Cc3ccn(C)n3)ncc2c2sc(Cc3cc[nH]n3)cn12. The number of hydrogen-bond acceptors (Lipinski definition) is 5. The van der Waals surface area contributed by atoms with Gasteiger partial charge in [-0.05, 0) is 19.1 Å². The van der Waals surface area contributed by atoms with Crippen molar-refractivity contribution >= 4 is 26.9 Å². The minimum Gasteiger partial charge on any atom is -0.310 e. The van der Waals surface area contributed by atoms with Gasteiger partial charge in [0.25, 0.3) is 5.56 Å². The normalized spacial score (nSPS) is 11.8. The number of hydrogen-bond donors (Lipinski definition) is 1. The Morgan fingerprint density at radius 1 is 1.26 bits per heavy atom. The molecule has 0 spiro atoms. The molecule has 0 saturated carbocycles. The van der Waals surface area contributed by atoms with Crippen LogP contribution in [0.2, 0.25) is 0 Å². The Hall–Kier alpha value is -3.20. The van der Waals surface area contributed by atoms with E-state index in [0.29, 0.717) is 6.54 Å². The number of H-pyrrole nitrogens is 1. The van der Waals surface area contributed by atoms with E-state index in [4.69, 9.17) is 0 Å². The van der Waals surface area contributed by atoms with Crippen LogP contribution >= 0.6 is 11.3 Å². The van der Waals surface area contributed by atoms with Crippen LogP contribution in [0.1, 0.15) is 22.0 Å². The number of fused-ring (bicyclic) bond motifs is 3. The highest BCUT2D eigenvalue weighted by atomic mass is 32.1. The van der Waals surface area contributed by atoms with Crippen LogP contribution in [0.4, 0.5) is 0 Å². The second kappa shape index (κ2) is 5.92. The van der Waals surface area contributed by atoms with E-state index >= 15 is 0 Å². The highest BCUT2D eigenvalue weighted by Crippen LogP contribution is 2.30. The summed E-state index contributed by atoms with van der Waals surface area (Å²) in [6.07, 6.45) is 8.33. The first-order valence-electron chi connectivity index (χ1n) is 8.56. The molecule has 0 aromatic carbocycles. The number of aromatic amines is 1. The second-order valence-corrected chi connectivity index (χ2v) is 7.69. The molecule has 5 heterocycles. The minimum atomic E-state index is -0.0830. The monoisotopic (exact) mass is 379 g/mol. The Balaban J connectivity index is 1.60. The molecule has 5 aromatic heterocycles. The number of thiazole rings is 1. The summed E-state index contributed by atoms with van der Waals surface area (Å²) >= 11 is 1.67. The summed E-state index contributed by atoms with van der Waals surface area (Å²) < 4.78 is 5.29. The largest absolute Gasteiger partial charge is 0.310 e. The van der Waals surface area contributed by atoms with E-state index in [1.165, 1.54) is 9.56 Å². The van der Waals surface area contributed by atoms with E-state index in [1.807, 2.05) is 38.5 Å². The molecule has 0 unspecified atom stereocenters. The summed E-state index contributed by atoms with van der Waals surface area (Å²) in [5, 5.41) is 17.4. The number of aryl methyl sites for hydroxylation is 2. The van der Waals surface area contributed by atoms with Gasteiger partial charge in [-0.25, -0.2) is 4.68 Å². The molecule has 0 aliphatic rings. The summed E-state index contributed by atoms with van der Waals surface area (Å²) in [7, 11) is 1.86. The van der Waals surface area contributed by atoms with E-state index in [-0.39, 0.29) is 5.56 Å². The first-order valence-corrected chi connectivity index (χ1v) is 9.38. The molecule has 9 heteroatoms. The first-order chi connectivity index (χ1) is 13.1. The van der Waals surface area contributed by atoms with E-state index in [9.17, 15) is 4.79 Å². The quantitative estimate of drug-likeness (QED) is 0.518. The Morgan fingerprint density at radius 2 is 2.15 bits per heavy atom. The molecule has 27 heavy (non-hydrogen) atoms. The van der Waals surface area contributed by atoms with Gasteiger partial charge in [0.1, 0.15) is 4.83 Å². The van der Waals surface area contributed by atoms with Crippen LogP contribution in [0, 0.1) is 6.92 Å². The third kappa shape index (κ3) is 2.58. The summed E-state index contributed by atoms with van der Waals surface area (Å²) in [6, 6.07) is 3.86. The highest BCUT2D eigenvalue weighted by molar-refractivity contribution is 7.18. The lowest BCUT2D eigenvalue weighted by molar-refractivity contribution is 0.621. The molecule has 0 radical (unpaired) electrons. The predicted molar refractivity (Wildman–Crippen MR) is 103 cm³/mol. The fourth-order valence-corrected chi connectivity index (χ4v) is 4.60. The number of nitrogens with zero attached hydrogens (tertiary/aromatic N) is 6.